The van der Waals surface area contributed by atoms with Crippen LogP contribution in [-0.2, 0) is 9.63 Å². The fourth-order valence-electron chi connectivity index (χ4n) is 2.49. The highest BCUT2D eigenvalue weighted by Gasteiger charge is 2.26. The first kappa shape index (κ1) is 15.3. The molecular formula is C17H22N2O2. The van der Waals surface area contributed by atoms with Gasteiger partial charge in [0.1, 0.15) is 0 Å². The van der Waals surface area contributed by atoms with E-state index < -0.39 is 0 Å². The molecular weight excluding hydrogens is 264 g/mol. The van der Waals surface area contributed by atoms with E-state index in [1.165, 1.54) is 5.56 Å². The van der Waals surface area contributed by atoms with Gasteiger partial charge < -0.3 is 9.74 Å². The number of hydrogen-bond donors (Lipinski definition) is 0. The van der Waals surface area contributed by atoms with E-state index >= 15 is 0 Å². The van der Waals surface area contributed by atoms with Gasteiger partial charge in [-0.15, -0.1) is 6.58 Å². The van der Waals surface area contributed by atoms with Crippen molar-refractivity contribution in [1.82, 2.24) is 4.90 Å². The van der Waals surface area contributed by atoms with E-state index in [4.69, 9.17) is 4.84 Å². The maximum atomic E-state index is 11.9. The van der Waals surface area contributed by atoms with Crippen molar-refractivity contribution in [2.75, 3.05) is 13.1 Å². The third-order valence-electron chi connectivity index (χ3n) is 3.62. The van der Waals surface area contributed by atoms with Crippen LogP contribution in [0.25, 0.3) is 0 Å². The number of carbonyl (C=O) groups excluding carboxylic acids is 1. The monoisotopic (exact) mass is 286 g/mol. The molecule has 0 fully saturated rings. The lowest BCUT2D eigenvalue weighted by Crippen LogP contribution is -2.37. The van der Waals surface area contributed by atoms with E-state index in [1.54, 1.807) is 11.0 Å². The van der Waals surface area contributed by atoms with Gasteiger partial charge in [-0.05, 0) is 12.5 Å². The highest BCUT2D eigenvalue weighted by Crippen LogP contribution is 2.20. The van der Waals surface area contributed by atoms with Crippen molar-refractivity contribution in [3.63, 3.8) is 0 Å². The Morgan fingerprint density at radius 1 is 1.52 bits per heavy atom. The van der Waals surface area contributed by atoms with E-state index in [1.807, 2.05) is 19.1 Å². The van der Waals surface area contributed by atoms with Crippen LogP contribution in [0.1, 0.15) is 30.9 Å². The molecule has 0 bridgehead atoms. The molecule has 0 saturated heterocycles. The fraction of sp³-hybridized carbons (Fsp3) is 0.412. The maximum Gasteiger partial charge on any atom is 0.222 e. The van der Waals surface area contributed by atoms with Gasteiger partial charge >= 0.3 is 0 Å². The molecule has 21 heavy (non-hydrogen) atoms. The number of benzene rings is 1. The Balaban J connectivity index is 1.99. The third-order valence-corrected chi connectivity index (χ3v) is 3.62. The van der Waals surface area contributed by atoms with Crippen LogP contribution < -0.4 is 0 Å². The third kappa shape index (κ3) is 3.72. The predicted molar refractivity (Wildman–Crippen MR) is 84.3 cm³/mol. The summed E-state index contributed by atoms with van der Waals surface area (Å²) in [5, 5.41) is 4.20. The summed E-state index contributed by atoms with van der Waals surface area (Å²) < 4.78 is 0. The van der Waals surface area contributed by atoms with Gasteiger partial charge in [-0.25, -0.2) is 0 Å². The molecule has 1 heterocycles. The first-order chi connectivity index (χ1) is 10.2. The van der Waals surface area contributed by atoms with Crippen LogP contribution in [0, 0.1) is 6.92 Å². The van der Waals surface area contributed by atoms with E-state index in [0.717, 1.165) is 17.7 Å². The fourth-order valence-corrected chi connectivity index (χ4v) is 2.49. The molecule has 1 amide bonds. The molecule has 0 radical (unpaired) electrons. The van der Waals surface area contributed by atoms with Crippen molar-refractivity contribution in [1.29, 1.82) is 0 Å². The number of carbonyl (C=O) groups is 1. The lowest BCUT2D eigenvalue weighted by Gasteiger charge is -2.22. The summed E-state index contributed by atoms with van der Waals surface area (Å²) in [6.07, 6.45) is 2.89. The lowest BCUT2D eigenvalue weighted by atomic mass is 10.0. The van der Waals surface area contributed by atoms with E-state index in [2.05, 4.69) is 30.8 Å². The summed E-state index contributed by atoms with van der Waals surface area (Å²) in [7, 11) is 0. The number of rotatable bonds is 6. The number of aryl methyl sites for hydroxylation is 1. The topological polar surface area (TPSA) is 41.9 Å². The largest absolute Gasteiger partial charge is 0.390 e. The van der Waals surface area contributed by atoms with Gasteiger partial charge in [0.2, 0.25) is 5.91 Å². The Hall–Kier alpha value is -2.10. The zero-order chi connectivity index (χ0) is 15.2. The summed E-state index contributed by atoms with van der Waals surface area (Å²) in [5.41, 5.74) is 3.27. The van der Waals surface area contributed by atoms with Crippen LogP contribution >= 0.6 is 0 Å². The number of hydrogen-bond acceptors (Lipinski definition) is 3. The highest BCUT2D eigenvalue weighted by molar-refractivity contribution is 6.02. The Morgan fingerprint density at radius 3 is 2.95 bits per heavy atom. The molecule has 0 N–H and O–H groups in total. The summed E-state index contributed by atoms with van der Waals surface area (Å²) in [5.74, 6) is 0.114. The zero-order valence-electron chi connectivity index (χ0n) is 12.7. The minimum Gasteiger partial charge on any atom is -0.390 e. The quantitative estimate of drug-likeness (QED) is 0.755. The molecule has 1 aliphatic rings. The first-order valence-corrected chi connectivity index (χ1v) is 7.33. The van der Waals surface area contributed by atoms with Gasteiger partial charge in [0, 0.05) is 24.9 Å². The molecule has 0 spiro atoms. The summed E-state index contributed by atoms with van der Waals surface area (Å²) in [6, 6.07) is 8.13. The minimum absolute atomic E-state index is 0.0740. The average molecular weight is 286 g/mol. The molecule has 2 rings (SSSR count). The van der Waals surface area contributed by atoms with Crippen molar-refractivity contribution in [2.24, 2.45) is 5.16 Å². The minimum atomic E-state index is -0.0740. The average Bonchev–Trinajstić information content (AvgIpc) is 2.95. The second-order valence-corrected chi connectivity index (χ2v) is 5.23. The van der Waals surface area contributed by atoms with Gasteiger partial charge in [0.05, 0.1) is 12.3 Å². The van der Waals surface area contributed by atoms with Crippen molar-refractivity contribution < 1.29 is 9.63 Å². The van der Waals surface area contributed by atoms with Crippen LogP contribution in [0.3, 0.4) is 0 Å². The van der Waals surface area contributed by atoms with Crippen molar-refractivity contribution in [2.45, 2.75) is 32.8 Å². The molecule has 4 nitrogen and oxygen atoms in total. The molecule has 4 heteroatoms. The number of amides is 1. The Kier molecular flexibility index (Phi) is 5.14. The smallest absolute Gasteiger partial charge is 0.222 e. The Morgan fingerprint density at radius 2 is 2.29 bits per heavy atom. The van der Waals surface area contributed by atoms with Crippen LogP contribution in [0.4, 0.5) is 0 Å². The first-order valence-electron chi connectivity index (χ1n) is 7.33. The van der Waals surface area contributed by atoms with Crippen LogP contribution in [0.15, 0.2) is 42.1 Å². The number of oxime groups is 1. The zero-order valence-corrected chi connectivity index (χ0v) is 12.7. The van der Waals surface area contributed by atoms with E-state index in [9.17, 15) is 4.79 Å². The Labute approximate surface area is 126 Å². The van der Waals surface area contributed by atoms with Gasteiger partial charge in [-0.3, -0.25) is 4.79 Å². The number of nitrogens with zero attached hydrogens (tertiary/aromatic N) is 2. The normalized spacial score (nSPS) is 17.0. The van der Waals surface area contributed by atoms with Gasteiger partial charge in [-0.1, -0.05) is 42.4 Å². The van der Waals surface area contributed by atoms with Crippen LogP contribution in [-0.4, -0.2) is 35.7 Å². The summed E-state index contributed by atoms with van der Waals surface area (Å²) >= 11 is 0. The summed E-state index contributed by atoms with van der Waals surface area (Å²) in [6.45, 7) is 8.73. The van der Waals surface area contributed by atoms with Crippen molar-refractivity contribution in [3.05, 3.63) is 48.0 Å². The van der Waals surface area contributed by atoms with Crippen molar-refractivity contribution >= 4 is 11.6 Å². The molecule has 0 saturated carbocycles. The van der Waals surface area contributed by atoms with Gasteiger partial charge in [-0.2, -0.15) is 0 Å². The summed E-state index contributed by atoms with van der Waals surface area (Å²) in [4.78, 5) is 19.2. The molecule has 1 aromatic rings. The standard InChI is InChI=1S/C17H22N2O2/c1-4-10-19(17(20)5-2)12-14-11-16(18-21-14)15-9-7-6-8-13(15)3/h4,6-9,14H,1,5,10-12H2,2-3H3/t14-/m0/s1. The molecule has 1 aromatic carbocycles. The van der Waals surface area contributed by atoms with E-state index in [-0.39, 0.29) is 12.0 Å². The highest BCUT2D eigenvalue weighted by atomic mass is 16.6. The van der Waals surface area contributed by atoms with Gasteiger partial charge in [0.15, 0.2) is 6.10 Å². The van der Waals surface area contributed by atoms with Crippen LogP contribution in [0.2, 0.25) is 0 Å². The molecule has 0 aliphatic carbocycles. The second kappa shape index (κ2) is 7.07. The van der Waals surface area contributed by atoms with Gasteiger partial charge in [0.25, 0.3) is 0 Å². The lowest BCUT2D eigenvalue weighted by molar-refractivity contribution is -0.132. The van der Waals surface area contributed by atoms with Crippen molar-refractivity contribution in [3.8, 4) is 0 Å². The predicted octanol–water partition coefficient (Wildman–Crippen LogP) is 2.91. The maximum absolute atomic E-state index is 11.9. The Bertz CT molecular complexity index is 551. The molecule has 1 aliphatic heterocycles. The molecule has 0 aromatic heterocycles. The van der Waals surface area contributed by atoms with E-state index in [0.29, 0.717) is 19.5 Å². The second-order valence-electron chi connectivity index (χ2n) is 5.23. The molecule has 0 unspecified atom stereocenters. The molecule has 1 atom stereocenters. The SMILES string of the molecule is C=CCN(C[C@@H]1CC(c2ccccc2C)=NO1)C(=O)CC. The van der Waals surface area contributed by atoms with Crippen LogP contribution in [0.5, 0.6) is 0 Å². The molecule has 112 valence electrons.